The van der Waals surface area contributed by atoms with Crippen molar-refractivity contribution in [1.82, 2.24) is 10.1 Å². The maximum absolute atomic E-state index is 12.3. The van der Waals surface area contributed by atoms with E-state index in [0.717, 1.165) is 16.8 Å². The number of benzene rings is 1. The van der Waals surface area contributed by atoms with E-state index in [-0.39, 0.29) is 5.78 Å². The molecule has 0 spiro atoms. The highest BCUT2D eigenvalue weighted by molar-refractivity contribution is 7.18. The van der Waals surface area contributed by atoms with E-state index in [2.05, 4.69) is 5.16 Å². The molecule has 0 aliphatic heterocycles. The molecule has 3 rings (SSSR count). The molecule has 0 fully saturated rings. The number of nitrogens with zero attached hydrogens (tertiary/aromatic N) is 3. The smallest absolute Gasteiger partial charge is 0.173 e. The summed E-state index contributed by atoms with van der Waals surface area (Å²) in [5, 5.41) is 12.4. The number of aryl methyl sites for hydroxylation is 1. The van der Waals surface area contributed by atoms with E-state index in [4.69, 9.17) is 21.5 Å². The summed E-state index contributed by atoms with van der Waals surface area (Å²) in [6.07, 6.45) is 0.812. The first-order valence-corrected chi connectivity index (χ1v) is 10.3. The fourth-order valence-corrected chi connectivity index (χ4v) is 3.92. The molecule has 2 aromatic heterocycles. The zero-order valence-corrected chi connectivity index (χ0v) is 18.4. The number of rotatable bonds is 7. The average molecular weight is 431 g/mol. The van der Waals surface area contributed by atoms with Crippen LogP contribution in [-0.2, 0) is 6.42 Å². The lowest BCUT2D eigenvalue weighted by atomic mass is 10.0. The SMILES string of the molecule is CN(C)C(=N)c1ccc(-c2cc(CCC(=O)c3ccc(Cl)s3)on2)c(N(C)C)c1. The molecule has 1 N–H and O–H groups in total. The van der Waals surface area contributed by atoms with E-state index in [9.17, 15) is 4.79 Å². The number of halogens is 1. The van der Waals surface area contributed by atoms with Crippen molar-refractivity contribution < 1.29 is 9.32 Å². The fourth-order valence-electron chi connectivity index (χ4n) is 2.91. The lowest BCUT2D eigenvalue weighted by molar-refractivity contribution is 0.0984. The summed E-state index contributed by atoms with van der Waals surface area (Å²) in [6.45, 7) is 0. The second-order valence-corrected chi connectivity index (χ2v) is 8.79. The average Bonchev–Trinajstić information content (AvgIpc) is 3.34. The highest BCUT2D eigenvalue weighted by Crippen LogP contribution is 2.31. The van der Waals surface area contributed by atoms with Crippen LogP contribution in [0.15, 0.2) is 40.9 Å². The Labute approximate surface area is 179 Å². The molecule has 0 bridgehead atoms. The number of Topliss-reactive ketones (excluding diaryl/α,β-unsaturated/α-hetero) is 1. The third-order valence-electron chi connectivity index (χ3n) is 4.48. The standard InChI is InChI=1S/C21H23ClN4O2S/c1-25(2)17-11-13(21(23)26(3)4)5-7-15(17)16-12-14(28-24-16)6-8-18(27)19-9-10-20(22)29-19/h5,7,9-12,23H,6,8H2,1-4H3. The Bertz CT molecular complexity index is 1040. The molecule has 0 saturated heterocycles. The van der Waals surface area contributed by atoms with E-state index in [1.165, 1.54) is 11.3 Å². The molecule has 6 nitrogen and oxygen atoms in total. The molecule has 8 heteroatoms. The Hall–Kier alpha value is -2.64. The molecule has 29 heavy (non-hydrogen) atoms. The van der Waals surface area contributed by atoms with Gasteiger partial charge in [0.2, 0.25) is 0 Å². The minimum absolute atomic E-state index is 0.0420. The van der Waals surface area contributed by atoms with Crippen molar-refractivity contribution in [3.05, 3.63) is 56.9 Å². The number of hydrogen-bond donors (Lipinski definition) is 1. The van der Waals surface area contributed by atoms with Gasteiger partial charge >= 0.3 is 0 Å². The van der Waals surface area contributed by atoms with E-state index in [0.29, 0.717) is 39.3 Å². The van der Waals surface area contributed by atoms with Crippen LogP contribution in [0, 0.1) is 5.41 Å². The van der Waals surface area contributed by atoms with Crippen LogP contribution < -0.4 is 4.90 Å². The highest BCUT2D eigenvalue weighted by atomic mass is 35.5. The van der Waals surface area contributed by atoms with Gasteiger partial charge in [0.15, 0.2) is 5.78 Å². The third kappa shape index (κ3) is 4.86. The van der Waals surface area contributed by atoms with Crippen LogP contribution in [0.3, 0.4) is 0 Å². The molecule has 0 aliphatic carbocycles. The van der Waals surface area contributed by atoms with Crippen molar-refractivity contribution in [2.75, 3.05) is 33.1 Å². The van der Waals surface area contributed by atoms with Gasteiger partial charge in [-0.05, 0) is 24.3 Å². The normalized spacial score (nSPS) is 10.8. The molecule has 3 aromatic rings. The van der Waals surface area contributed by atoms with Gasteiger partial charge in [0.25, 0.3) is 0 Å². The third-order valence-corrected chi connectivity index (χ3v) is 5.75. The zero-order valence-electron chi connectivity index (χ0n) is 16.8. The molecule has 0 saturated carbocycles. The second-order valence-electron chi connectivity index (χ2n) is 7.07. The van der Waals surface area contributed by atoms with Crippen LogP contribution in [0.2, 0.25) is 4.34 Å². The van der Waals surface area contributed by atoms with Crippen molar-refractivity contribution in [1.29, 1.82) is 5.41 Å². The Morgan fingerprint density at radius 2 is 1.93 bits per heavy atom. The van der Waals surface area contributed by atoms with E-state index < -0.39 is 0 Å². The summed E-state index contributed by atoms with van der Waals surface area (Å²) in [4.78, 5) is 16.7. The molecular formula is C21H23ClN4O2S. The molecule has 0 aliphatic rings. The van der Waals surface area contributed by atoms with Crippen LogP contribution in [-0.4, -0.2) is 49.9 Å². The highest BCUT2D eigenvalue weighted by Gasteiger charge is 2.16. The topological polar surface area (TPSA) is 73.4 Å². The van der Waals surface area contributed by atoms with Gasteiger partial charge in [-0.2, -0.15) is 0 Å². The Kier molecular flexibility index (Phi) is 6.39. The second kappa shape index (κ2) is 8.80. The first-order chi connectivity index (χ1) is 13.8. The molecule has 0 amide bonds. The van der Waals surface area contributed by atoms with E-state index in [1.807, 2.05) is 57.4 Å². The number of carbonyl (C=O) groups excluding carboxylic acids is 1. The van der Waals surface area contributed by atoms with Gasteiger partial charge in [-0.3, -0.25) is 10.2 Å². The van der Waals surface area contributed by atoms with Gasteiger partial charge in [-0.15, -0.1) is 11.3 Å². The van der Waals surface area contributed by atoms with E-state index >= 15 is 0 Å². The number of nitrogens with one attached hydrogen (secondary N) is 1. The van der Waals surface area contributed by atoms with Crippen molar-refractivity contribution >= 4 is 40.2 Å². The number of ketones is 1. The van der Waals surface area contributed by atoms with Crippen LogP contribution in [0.1, 0.15) is 27.4 Å². The van der Waals surface area contributed by atoms with Gasteiger partial charge in [-0.1, -0.05) is 22.8 Å². The van der Waals surface area contributed by atoms with Gasteiger partial charge in [0, 0.05) is 63.9 Å². The maximum atomic E-state index is 12.3. The number of hydrogen-bond acceptors (Lipinski definition) is 6. The first kappa shape index (κ1) is 21.1. The molecule has 0 unspecified atom stereocenters. The number of amidine groups is 1. The summed E-state index contributed by atoms with van der Waals surface area (Å²) in [7, 11) is 7.60. The number of carbonyl (C=O) groups is 1. The van der Waals surface area contributed by atoms with Crippen LogP contribution >= 0.6 is 22.9 Å². The van der Waals surface area contributed by atoms with Crippen molar-refractivity contribution in [2.45, 2.75) is 12.8 Å². The Morgan fingerprint density at radius 3 is 2.55 bits per heavy atom. The number of aromatic nitrogens is 1. The lowest BCUT2D eigenvalue weighted by Gasteiger charge is -2.20. The quantitative estimate of drug-likeness (QED) is 0.330. The van der Waals surface area contributed by atoms with E-state index in [1.54, 1.807) is 17.0 Å². The molecule has 2 heterocycles. The molecule has 0 radical (unpaired) electrons. The summed E-state index contributed by atoms with van der Waals surface area (Å²) in [5.41, 5.74) is 3.39. The van der Waals surface area contributed by atoms with Crippen molar-refractivity contribution in [2.24, 2.45) is 0 Å². The molecular weight excluding hydrogens is 408 g/mol. The zero-order chi connectivity index (χ0) is 21.1. The molecule has 0 atom stereocenters. The molecule has 1 aromatic carbocycles. The summed E-state index contributed by atoms with van der Waals surface area (Å²) >= 11 is 7.19. The van der Waals surface area contributed by atoms with Crippen molar-refractivity contribution in [3.63, 3.8) is 0 Å². The predicted octanol–water partition coefficient (Wildman–Crippen LogP) is 4.82. The van der Waals surface area contributed by atoms with Crippen LogP contribution in [0.4, 0.5) is 5.69 Å². The Morgan fingerprint density at radius 1 is 1.17 bits per heavy atom. The predicted molar refractivity (Wildman–Crippen MR) is 119 cm³/mol. The largest absolute Gasteiger partial charge is 0.377 e. The van der Waals surface area contributed by atoms with Gasteiger partial charge in [0.1, 0.15) is 17.3 Å². The summed E-state index contributed by atoms with van der Waals surface area (Å²) in [6, 6.07) is 11.2. The molecule has 152 valence electrons. The fraction of sp³-hybridized carbons (Fsp3) is 0.286. The summed E-state index contributed by atoms with van der Waals surface area (Å²) < 4.78 is 6.08. The van der Waals surface area contributed by atoms with Crippen LogP contribution in [0.25, 0.3) is 11.3 Å². The van der Waals surface area contributed by atoms with Crippen LogP contribution in [0.5, 0.6) is 0 Å². The number of anilines is 1. The lowest BCUT2D eigenvalue weighted by Crippen LogP contribution is -2.22. The first-order valence-electron chi connectivity index (χ1n) is 9.08. The monoisotopic (exact) mass is 430 g/mol. The summed E-state index contributed by atoms with van der Waals surface area (Å²) in [5.74, 6) is 1.14. The minimum Gasteiger partial charge on any atom is -0.377 e. The number of thiophene rings is 1. The van der Waals surface area contributed by atoms with Gasteiger partial charge in [0.05, 0.1) is 9.21 Å². The maximum Gasteiger partial charge on any atom is 0.173 e. The van der Waals surface area contributed by atoms with Gasteiger partial charge < -0.3 is 14.3 Å². The Balaban J connectivity index is 1.78. The van der Waals surface area contributed by atoms with Crippen molar-refractivity contribution in [3.8, 4) is 11.3 Å². The van der Waals surface area contributed by atoms with Gasteiger partial charge in [-0.25, -0.2) is 0 Å². The minimum atomic E-state index is 0.0420.